The van der Waals surface area contributed by atoms with Crippen molar-refractivity contribution in [3.63, 3.8) is 0 Å². The van der Waals surface area contributed by atoms with Crippen LogP contribution in [0.4, 0.5) is 0 Å². The highest BCUT2D eigenvalue weighted by atomic mass is 16.8. The summed E-state index contributed by atoms with van der Waals surface area (Å²) < 4.78 is 23.3. The molecule has 0 amide bonds. The van der Waals surface area contributed by atoms with Gasteiger partial charge in [0.05, 0.1) is 13.2 Å². The van der Waals surface area contributed by atoms with Gasteiger partial charge in [-0.25, -0.2) is 0 Å². The molecule has 1 heterocycles. The lowest BCUT2D eigenvalue weighted by atomic mass is 10.2. The normalized spacial score (nSPS) is 21.4. The number of benzene rings is 2. The molecule has 0 aromatic heterocycles. The molecule has 1 aliphatic rings. The van der Waals surface area contributed by atoms with Gasteiger partial charge in [-0.3, -0.25) is 0 Å². The molecular weight excluding hydrogens is 280 g/mol. The molecule has 0 aliphatic carbocycles. The van der Waals surface area contributed by atoms with E-state index in [1.807, 2.05) is 62.4 Å². The molecule has 4 heteroatoms. The standard InChI is InChI=1S/C18H20O4/c1-13-7-3-5-9-15(13)21-17-18(20-12-11-19-17)22-16-10-6-4-8-14(16)2/h3-10,17-18H,11-12H2,1-2H3/t17-,18-/m0/s1. The third-order valence-corrected chi connectivity index (χ3v) is 3.54. The molecule has 2 aromatic rings. The van der Waals surface area contributed by atoms with Crippen molar-refractivity contribution in [3.8, 4) is 11.5 Å². The molecule has 0 unspecified atom stereocenters. The van der Waals surface area contributed by atoms with Crippen LogP contribution in [0.2, 0.25) is 0 Å². The monoisotopic (exact) mass is 300 g/mol. The van der Waals surface area contributed by atoms with Crippen LogP contribution in [0.1, 0.15) is 11.1 Å². The summed E-state index contributed by atoms with van der Waals surface area (Å²) in [6, 6.07) is 15.6. The number of rotatable bonds is 4. The van der Waals surface area contributed by atoms with Crippen LogP contribution in [0.25, 0.3) is 0 Å². The van der Waals surface area contributed by atoms with Gasteiger partial charge < -0.3 is 18.9 Å². The summed E-state index contributed by atoms with van der Waals surface area (Å²) in [4.78, 5) is 0. The molecule has 1 saturated heterocycles. The Morgan fingerprint density at radius 2 is 1.14 bits per heavy atom. The zero-order valence-electron chi connectivity index (χ0n) is 12.8. The lowest BCUT2D eigenvalue weighted by Gasteiger charge is -2.32. The van der Waals surface area contributed by atoms with Crippen molar-refractivity contribution in [3.05, 3.63) is 59.7 Å². The van der Waals surface area contributed by atoms with Crippen LogP contribution >= 0.6 is 0 Å². The molecule has 0 bridgehead atoms. The topological polar surface area (TPSA) is 36.9 Å². The molecule has 0 saturated carbocycles. The van der Waals surface area contributed by atoms with Crippen LogP contribution < -0.4 is 9.47 Å². The second-order valence-electron chi connectivity index (χ2n) is 5.25. The Labute approximate surface area is 130 Å². The van der Waals surface area contributed by atoms with E-state index in [4.69, 9.17) is 18.9 Å². The van der Waals surface area contributed by atoms with Crippen LogP contribution in [0, 0.1) is 13.8 Å². The highest BCUT2D eigenvalue weighted by molar-refractivity contribution is 5.33. The van der Waals surface area contributed by atoms with E-state index in [1.54, 1.807) is 0 Å². The Balaban J connectivity index is 1.74. The van der Waals surface area contributed by atoms with Crippen LogP contribution in [0.15, 0.2) is 48.5 Å². The summed E-state index contributed by atoms with van der Waals surface area (Å²) in [5.74, 6) is 1.55. The van der Waals surface area contributed by atoms with Crippen LogP contribution in [0.5, 0.6) is 11.5 Å². The van der Waals surface area contributed by atoms with Crippen LogP contribution in [0.3, 0.4) is 0 Å². The molecule has 2 atom stereocenters. The maximum atomic E-state index is 5.94. The predicted octanol–water partition coefficient (Wildman–Crippen LogP) is 3.46. The first-order valence-corrected chi connectivity index (χ1v) is 7.42. The third-order valence-electron chi connectivity index (χ3n) is 3.54. The number of aryl methyl sites for hydroxylation is 2. The van der Waals surface area contributed by atoms with Gasteiger partial charge in [-0.15, -0.1) is 0 Å². The average Bonchev–Trinajstić information content (AvgIpc) is 2.53. The van der Waals surface area contributed by atoms with Gasteiger partial charge >= 0.3 is 0 Å². The van der Waals surface area contributed by atoms with E-state index < -0.39 is 12.6 Å². The summed E-state index contributed by atoms with van der Waals surface area (Å²) in [7, 11) is 0. The van der Waals surface area contributed by atoms with E-state index in [2.05, 4.69) is 0 Å². The molecule has 22 heavy (non-hydrogen) atoms. The van der Waals surface area contributed by atoms with Gasteiger partial charge in [0, 0.05) is 0 Å². The van der Waals surface area contributed by atoms with Gasteiger partial charge in [-0.2, -0.15) is 0 Å². The summed E-state index contributed by atoms with van der Waals surface area (Å²) in [5.41, 5.74) is 2.10. The molecule has 0 N–H and O–H groups in total. The molecule has 3 rings (SSSR count). The van der Waals surface area contributed by atoms with Crippen molar-refractivity contribution in [1.82, 2.24) is 0 Å². The largest absolute Gasteiger partial charge is 0.458 e. The fourth-order valence-corrected chi connectivity index (χ4v) is 2.29. The molecule has 2 aromatic carbocycles. The highest BCUT2D eigenvalue weighted by Gasteiger charge is 2.31. The Kier molecular flexibility index (Phi) is 4.61. The summed E-state index contributed by atoms with van der Waals surface area (Å²) in [6.45, 7) is 4.97. The fourth-order valence-electron chi connectivity index (χ4n) is 2.29. The second kappa shape index (κ2) is 6.81. The van der Waals surface area contributed by atoms with Gasteiger partial charge in [0.2, 0.25) is 0 Å². The molecule has 116 valence electrons. The minimum absolute atomic E-state index is 0.490. The molecule has 4 nitrogen and oxygen atoms in total. The summed E-state index contributed by atoms with van der Waals surface area (Å²) in [5, 5.41) is 0. The molecular formula is C18H20O4. The highest BCUT2D eigenvalue weighted by Crippen LogP contribution is 2.25. The van der Waals surface area contributed by atoms with Crippen LogP contribution in [-0.2, 0) is 9.47 Å². The number of para-hydroxylation sites is 2. The van der Waals surface area contributed by atoms with Crippen molar-refractivity contribution >= 4 is 0 Å². The molecule has 1 fully saturated rings. The van der Waals surface area contributed by atoms with E-state index in [9.17, 15) is 0 Å². The predicted molar refractivity (Wildman–Crippen MR) is 83.1 cm³/mol. The van der Waals surface area contributed by atoms with Crippen molar-refractivity contribution in [2.24, 2.45) is 0 Å². The van der Waals surface area contributed by atoms with Gasteiger partial charge in [0.25, 0.3) is 12.6 Å². The van der Waals surface area contributed by atoms with Crippen LogP contribution in [-0.4, -0.2) is 25.8 Å². The lowest BCUT2D eigenvalue weighted by Crippen LogP contribution is -2.45. The summed E-state index contributed by atoms with van der Waals surface area (Å²) >= 11 is 0. The quantitative estimate of drug-likeness (QED) is 0.866. The second-order valence-corrected chi connectivity index (χ2v) is 5.25. The minimum atomic E-state index is -0.588. The SMILES string of the molecule is Cc1ccccc1O[C@@H]1OCCO[C@H]1Oc1ccccc1C. The van der Waals surface area contributed by atoms with Crippen molar-refractivity contribution in [2.45, 2.75) is 26.4 Å². The zero-order valence-corrected chi connectivity index (χ0v) is 12.8. The molecule has 1 aliphatic heterocycles. The van der Waals surface area contributed by atoms with E-state index in [0.717, 1.165) is 22.6 Å². The Hall–Kier alpha value is -2.04. The van der Waals surface area contributed by atoms with Gasteiger partial charge in [0.1, 0.15) is 11.5 Å². The van der Waals surface area contributed by atoms with E-state index in [1.165, 1.54) is 0 Å². The lowest BCUT2D eigenvalue weighted by molar-refractivity contribution is -0.271. The van der Waals surface area contributed by atoms with Crippen molar-refractivity contribution in [2.75, 3.05) is 13.2 Å². The maximum absolute atomic E-state index is 5.94. The van der Waals surface area contributed by atoms with Gasteiger partial charge in [-0.05, 0) is 37.1 Å². The van der Waals surface area contributed by atoms with E-state index in [0.29, 0.717) is 13.2 Å². The number of hydrogen-bond donors (Lipinski definition) is 0. The van der Waals surface area contributed by atoms with Crippen molar-refractivity contribution in [1.29, 1.82) is 0 Å². The Morgan fingerprint density at radius 1 is 0.727 bits per heavy atom. The molecule has 0 radical (unpaired) electrons. The average molecular weight is 300 g/mol. The molecule has 0 spiro atoms. The maximum Gasteiger partial charge on any atom is 0.263 e. The first-order chi connectivity index (χ1) is 10.7. The van der Waals surface area contributed by atoms with E-state index in [-0.39, 0.29) is 0 Å². The first kappa shape index (κ1) is 14.9. The Morgan fingerprint density at radius 3 is 1.55 bits per heavy atom. The van der Waals surface area contributed by atoms with Gasteiger partial charge in [0.15, 0.2) is 0 Å². The third kappa shape index (κ3) is 3.40. The zero-order chi connectivity index (χ0) is 15.4. The van der Waals surface area contributed by atoms with E-state index >= 15 is 0 Å². The van der Waals surface area contributed by atoms with Gasteiger partial charge in [-0.1, -0.05) is 36.4 Å². The minimum Gasteiger partial charge on any atom is -0.458 e. The Bertz CT molecular complexity index is 570. The number of ether oxygens (including phenoxy) is 4. The fraction of sp³-hybridized carbons (Fsp3) is 0.333. The first-order valence-electron chi connectivity index (χ1n) is 7.42. The van der Waals surface area contributed by atoms with Crippen molar-refractivity contribution < 1.29 is 18.9 Å². The smallest absolute Gasteiger partial charge is 0.263 e. The number of hydrogen-bond acceptors (Lipinski definition) is 4. The summed E-state index contributed by atoms with van der Waals surface area (Å²) in [6.07, 6.45) is -1.18.